The summed E-state index contributed by atoms with van der Waals surface area (Å²) in [6.45, 7) is 1.92. The third kappa shape index (κ3) is 4.50. The summed E-state index contributed by atoms with van der Waals surface area (Å²) in [5, 5.41) is 14.0. The Morgan fingerprint density at radius 2 is 2.00 bits per heavy atom. The molecule has 0 aliphatic rings. The molecule has 5 heteroatoms. The molecule has 0 aliphatic carbocycles. The third-order valence-electron chi connectivity index (χ3n) is 3.88. The van der Waals surface area contributed by atoms with E-state index in [1.807, 2.05) is 48.7 Å². The van der Waals surface area contributed by atoms with E-state index < -0.39 is 0 Å². The van der Waals surface area contributed by atoms with Gasteiger partial charge in [-0.2, -0.15) is 5.26 Å². The van der Waals surface area contributed by atoms with Gasteiger partial charge in [0, 0.05) is 4.88 Å². The number of nitrogens with one attached hydrogen (secondary N) is 1. The molecule has 1 unspecified atom stereocenters. The Morgan fingerprint density at radius 3 is 2.69 bits per heavy atom. The van der Waals surface area contributed by atoms with Crippen molar-refractivity contribution in [1.29, 1.82) is 5.26 Å². The number of amides is 1. The summed E-state index contributed by atoms with van der Waals surface area (Å²) >= 11 is 1.60. The summed E-state index contributed by atoms with van der Waals surface area (Å²) in [4.78, 5) is 13.5. The summed E-state index contributed by atoms with van der Waals surface area (Å²) in [5.74, 6) is 0.286. The van der Waals surface area contributed by atoms with Gasteiger partial charge in [0.05, 0.1) is 17.7 Å². The van der Waals surface area contributed by atoms with Gasteiger partial charge in [-0.1, -0.05) is 42.0 Å². The van der Waals surface area contributed by atoms with Crippen molar-refractivity contribution in [3.05, 3.63) is 87.6 Å². The maximum atomic E-state index is 12.4. The van der Waals surface area contributed by atoms with Crippen LogP contribution < -0.4 is 10.1 Å². The van der Waals surface area contributed by atoms with Gasteiger partial charge >= 0.3 is 0 Å². The van der Waals surface area contributed by atoms with Crippen LogP contribution in [0.4, 0.5) is 0 Å². The molecule has 3 rings (SSSR count). The first kappa shape index (κ1) is 17.7. The molecule has 3 aromatic rings. The first-order chi connectivity index (χ1) is 12.7. The molecule has 1 atom stereocenters. The quantitative estimate of drug-likeness (QED) is 0.714. The molecular formula is C21H18N2O2S. The SMILES string of the molecule is Cc1ccc(C(NC(=O)COc2cccc(C#N)c2)c2cccs2)cc1. The zero-order chi connectivity index (χ0) is 18.4. The monoisotopic (exact) mass is 362 g/mol. The number of carbonyl (C=O) groups excluding carboxylic acids is 1. The van der Waals surface area contributed by atoms with E-state index in [9.17, 15) is 4.79 Å². The van der Waals surface area contributed by atoms with Gasteiger partial charge in [0.1, 0.15) is 5.75 Å². The fourth-order valence-corrected chi connectivity index (χ4v) is 3.34. The van der Waals surface area contributed by atoms with Crippen LogP contribution in [0.15, 0.2) is 66.0 Å². The third-order valence-corrected chi connectivity index (χ3v) is 4.81. The minimum atomic E-state index is -0.216. The van der Waals surface area contributed by atoms with Gasteiger partial charge in [-0.25, -0.2) is 0 Å². The molecule has 1 aromatic heterocycles. The maximum absolute atomic E-state index is 12.4. The lowest BCUT2D eigenvalue weighted by molar-refractivity contribution is -0.123. The number of aryl methyl sites for hydroxylation is 1. The van der Waals surface area contributed by atoms with Crippen molar-refractivity contribution < 1.29 is 9.53 Å². The van der Waals surface area contributed by atoms with Gasteiger partial charge in [-0.05, 0) is 42.1 Å². The fraction of sp³-hybridized carbons (Fsp3) is 0.143. The van der Waals surface area contributed by atoms with Crippen LogP contribution in [0.2, 0.25) is 0 Å². The smallest absolute Gasteiger partial charge is 0.258 e. The highest BCUT2D eigenvalue weighted by molar-refractivity contribution is 7.10. The average molecular weight is 362 g/mol. The van der Waals surface area contributed by atoms with Crippen LogP contribution in [0, 0.1) is 18.3 Å². The molecule has 0 saturated carbocycles. The molecule has 0 radical (unpaired) electrons. The molecule has 1 heterocycles. The first-order valence-electron chi connectivity index (χ1n) is 8.18. The van der Waals surface area contributed by atoms with Gasteiger partial charge in [-0.15, -0.1) is 11.3 Å². The molecule has 0 aliphatic heterocycles. The molecule has 1 amide bonds. The first-order valence-corrected chi connectivity index (χ1v) is 9.06. The van der Waals surface area contributed by atoms with E-state index in [0.29, 0.717) is 11.3 Å². The maximum Gasteiger partial charge on any atom is 0.258 e. The fourth-order valence-electron chi connectivity index (χ4n) is 2.54. The van der Waals surface area contributed by atoms with Crippen LogP contribution in [-0.4, -0.2) is 12.5 Å². The largest absolute Gasteiger partial charge is 0.484 e. The van der Waals surface area contributed by atoms with Gasteiger partial charge < -0.3 is 10.1 Å². The van der Waals surface area contributed by atoms with Gasteiger partial charge in [0.2, 0.25) is 0 Å². The van der Waals surface area contributed by atoms with Crippen molar-refractivity contribution in [2.45, 2.75) is 13.0 Å². The van der Waals surface area contributed by atoms with Crippen molar-refractivity contribution in [3.8, 4) is 11.8 Å². The molecule has 0 bridgehead atoms. The predicted molar refractivity (Wildman–Crippen MR) is 102 cm³/mol. The van der Waals surface area contributed by atoms with Crippen LogP contribution >= 0.6 is 11.3 Å². The highest BCUT2D eigenvalue weighted by atomic mass is 32.1. The highest BCUT2D eigenvalue weighted by Gasteiger charge is 2.18. The molecule has 0 saturated heterocycles. The van der Waals surface area contributed by atoms with E-state index in [1.54, 1.807) is 35.6 Å². The van der Waals surface area contributed by atoms with Gasteiger partial charge in [0.25, 0.3) is 5.91 Å². The summed E-state index contributed by atoms with van der Waals surface area (Å²) in [7, 11) is 0. The van der Waals surface area contributed by atoms with E-state index in [0.717, 1.165) is 10.4 Å². The Balaban J connectivity index is 1.69. The van der Waals surface area contributed by atoms with E-state index in [1.165, 1.54) is 5.56 Å². The van der Waals surface area contributed by atoms with Gasteiger partial charge in [0.15, 0.2) is 6.61 Å². The minimum absolute atomic E-state index is 0.109. The second-order valence-electron chi connectivity index (χ2n) is 5.85. The summed E-state index contributed by atoms with van der Waals surface area (Å²) in [6, 6.07) is 20.7. The van der Waals surface area contributed by atoms with Crippen molar-refractivity contribution in [3.63, 3.8) is 0 Å². The summed E-state index contributed by atoms with van der Waals surface area (Å²) in [5.41, 5.74) is 2.70. The topological polar surface area (TPSA) is 62.1 Å². The molecule has 4 nitrogen and oxygen atoms in total. The average Bonchev–Trinajstić information content (AvgIpc) is 3.20. The van der Waals surface area contributed by atoms with E-state index in [2.05, 4.69) is 11.4 Å². The van der Waals surface area contributed by atoms with Crippen LogP contribution in [0.5, 0.6) is 5.75 Å². The number of thiophene rings is 1. The molecule has 1 N–H and O–H groups in total. The molecule has 130 valence electrons. The number of nitrogens with zero attached hydrogens (tertiary/aromatic N) is 1. The normalized spacial score (nSPS) is 11.4. The van der Waals surface area contributed by atoms with E-state index >= 15 is 0 Å². The molecular weight excluding hydrogens is 344 g/mol. The lowest BCUT2D eigenvalue weighted by atomic mass is 10.0. The van der Waals surface area contributed by atoms with Crippen LogP contribution in [0.1, 0.15) is 27.6 Å². The van der Waals surface area contributed by atoms with Crippen molar-refractivity contribution >= 4 is 17.2 Å². The number of nitriles is 1. The number of carbonyl (C=O) groups is 1. The second-order valence-corrected chi connectivity index (χ2v) is 6.83. The lowest BCUT2D eigenvalue weighted by Crippen LogP contribution is -2.32. The van der Waals surface area contributed by atoms with Crippen molar-refractivity contribution in [2.24, 2.45) is 0 Å². The predicted octanol–water partition coefficient (Wildman–Crippen LogP) is 4.21. The van der Waals surface area contributed by atoms with Crippen LogP contribution in [-0.2, 0) is 4.79 Å². The molecule has 26 heavy (non-hydrogen) atoms. The Hall–Kier alpha value is -3.10. The minimum Gasteiger partial charge on any atom is -0.484 e. The standard InChI is InChI=1S/C21H18N2O2S/c1-15-7-9-17(10-8-15)21(19-6-3-11-26-19)23-20(24)14-25-18-5-2-4-16(12-18)13-22/h2-12,21H,14H2,1H3,(H,23,24). The Bertz CT molecular complexity index is 912. The molecule has 2 aromatic carbocycles. The molecule has 0 fully saturated rings. The van der Waals surface area contributed by atoms with Gasteiger partial charge in [-0.3, -0.25) is 4.79 Å². The van der Waals surface area contributed by atoms with Crippen LogP contribution in [0.25, 0.3) is 0 Å². The second kappa shape index (κ2) is 8.32. The van der Waals surface area contributed by atoms with E-state index in [-0.39, 0.29) is 18.6 Å². The number of ether oxygens (including phenoxy) is 1. The Morgan fingerprint density at radius 1 is 1.19 bits per heavy atom. The van der Waals surface area contributed by atoms with Crippen molar-refractivity contribution in [1.82, 2.24) is 5.32 Å². The number of hydrogen-bond donors (Lipinski definition) is 1. The van der Waals surface area contributed by atoms with Crippen molar-refractivity contribution in [2.75, 3.05) is 6.61 Å². The number of benzene rings is 2. The summed E-state index contributed by atoms with van der Waals surface area (Å²) in [6.07, 6.45) is 0. The van der Waals surface area contributed by atoms with Crippen LogP contribution in [0.3, 0.4) is 0 Å². The highest BCUT2D eigenvalue weighted by Crippen LogP contribution is 2.26. The molecule has 0 spiro atoms. The Labute approximate surface area is 156 Å². The van der Waals surface area contributed by atoms with E-state index in [4.69, 9.17) is 10.00 Å². The number of hydrogen-bond acceptors (Lipinski definition) is 4. The number of rotatable bonds is 6. The zero-order valence-electron chi connectivity index (χ0n) is 14.3. The Kier molecular flexibility index (Phi) is 5.67. The lowest BCUT2D eigenvalue weighted by Gasteiger charge is -2.18. The summed E-state index contributed by atoms with van der Waals surface area (Å²) < 4.78 is 5.52. The zero-order valence-corrected chi connectivity index (χ0v) is 15.1.